The van der Waals surface area contributed by atoms with Crippen molar-refractivity contribution in [3.8, 4) is 0 Å². The van der Waals surface area contributed by atoms with Gasteiger partial charge < -0.3 is 10.2 Å². The van der Waals surface area contributed by atoms with Crippen LogP contribution in [0.15, 0.2) is 46.0 Å². The molecule has 20 heavy (non-hydrogen) atoms. The Morgan fingerprint density at radius 2 is 1.80 bits per heavy atom. The van der Waals surface area contributed by atoms with Crippen molar-refractivity contribution < 1.29 is 10.2 Å². The molecular weight excluding hydrogens is 295 g/mol. The molecule has 112 valence electrons. The molecule has 0 saturated heterocycles. The van der Waals surface area contributed by atoms with Crippen LogP contribution in [0.1, 0.15) is 34.1 Å². The molecule has 0 bridgehead atoms. The Morgan fingerprint density at radius 3 is 2.20 bits per heavy atom. The zero-order valence-electron chi connectivity index (χ0n) is 12.3. The predicted octanol–water partition coefficient (Wildman–Crippen LogP) is 4.28. The van der Waals surface area contributed by atoms with Gasteiger partial charge in [0, 0.05) is 22.4 Å². The SMILES string of the molecule is CC1=C(Cl)C=CC(C)(O)C1.CC1C(Cl)=CC=CC1(C)O. The first-order valence-corrected chi connectivity index (χ1v) is 7.35. The van der Waals surface area contributed by atoms with Crippen molar-refractivity contribution in [1.29, 1.82) is 0 Å². The van der Waals surface area contributed by atoms with Crippen LogP contribution in [0, 0.1) is 5.92 Å². The Hall–Kier alpha value is -0.540. The molecule has 0 aromatic carbocycles. The lowest BCUT2D eigenvalue weighted by atomic mass is 9.87. The molecule has 0 aromatic rings. The molecule has 0 radical (unpaired) electrons. The summed E-state index contributed by atoms with van der Waals surface area (Å²) in [6.45, 7) is 7.36. The fourth-order valence-corrected chi connectivity index (χ4v) is 2.40. The van der Waals surface area contributed by atoms with Crippen molar-refractivity contribution in [2.45, 2.75) is 45.3 Å². The van der Waals surface area contributed by atoms with E-state index >= 15 is 0 Å². The van der Waals surface area contributed by atoms with Gasteiger partial charge in [-0.15, -0.1) is 0 Å². The van der Waals surface area contributed by atoms with Gasteiger partial charge in [-0.1, -0.05) is 53.9 Å². The van der Waals surface area contributed by atoms with Crippen molar-refractivity contribution in [3.05, 3.63) is 46.0 Å². The average Bonchev–Trinajstić information content (AvgIpc) is 2.32. The topological polar surface area (TPSA) is 40.5 Å². The summed E-state index contributed by atoms with van der Waals surface area (Å²) < 4.78 is 0. The van der Waals surface area contributed by atoms with Gasteiger partial charge >= 0.3 is 0 Å². The quantitative estimate of drug-likeness (QED) is 0.700. The summed E-state index contributed by atoms with van der Waals surface area (Å²) in [6, 6.07) is 0. The molecular formula is C16H22Cl2O2. The highest BCUT2D eigenvalue weighted by Gasteiger charge is 2.29. The average molecular weight is 317 g/mol. The van der Waals surface area contributed by atoms with Crippen LogP contribution >= 0.6 is 23.2 Å². The molecule has 2 aliphatic carbocycles. The van der Waals surface area contributed by atoms with Crippen LogP contribution in [-0.2, 0) is 0 Å². The van der Waals surface area contributed by atoms with E-state index in [0.717, 1.165) is 10.6 Å². The van der Waals surface area contributed by atoms with Crippen LogP contribution in [0.25, 0.3) is 0 Å². The number of hydrogen-bond donors (Lipinski definition) is 2. The van der Waals surface area contributed by atoms with Crippen LogP contribution in [0.3, 0.4) is 0 Å². The third-order valence-corrected chi connectivity index (χ3v) is 4.50. The monoisotopic (exact) mass is 316 g/mol. The molecule has 0 fully saturated rings. The van der Waals surface area contributed by atoms with Crippen LogP contribution in [0.4, 0.5) is 0 Å². The van der Waals surface area contributed by atoms with Crippen LogP contribution < -0.4 is 0 Å². The maximum atomic E-state index is 9.60. The first-order chi connectivity index (χ1) is 9.05. The van der Waals surface area contributed by atoms with Gasteiger partial charge in [-0.05, 0) is 32.9 Å². The summed E-state index contributed by atoms with van der Waals surface area (Å²) >= 11 is 11.6. The number of rotatable bonds is 0. The highest BCUT2D eigenvalue weighted by Crippen LogP contribution is 2.31. The van der Waals surface area contributed by atoms with Crippen LogP contribution in [0.5, 0.6) is 0 Å². The maximum absolute atomic E-state index is 9.60. The third-order valence-electron chi connectivity index (χ3n) is 3.60. The fourth-order valence-electron chi connectivity index (χ4n) is 1.98. The molecule has 0 amide bonds. The summed E-state index contributed by atoms with van der Waals surface area (Å²) in [5, 5.41) is 20.6. The summed E-state index contributed by atoms with van der Waals surface area (Å²) in [5.74, 6) is 0.0131. The van der Waals surface area contributed by atoms with E-state index in [0.29, 0.717) is 11.5 Å². The van der Waals surface area contributed by atoms with Crippen LogP contribution in [0.2, 0.25) is 0 Å². The van der Waals surface area contributed by atoms with Crippen molar-refractivity contribution >= 4 is 23.2 Å². The lowest BCUT2D eigenvalue weighted by Crippen LogP contribution is -2.31. The normalized spacial score (nSPS) is 36.4. The van der Waals surface area contributed by atoms with Gasteiger partial charge in [-0.25, -0.2) is 0 Å². The summed E-state index contributed by atoms with van der Waals surface area (Å²) in [5.41, 5.74) is -0.414. The first kappa shape index (κ1) is 17.5. The van der Waals surface area contributed by atoms with Gasteiger partial charge in [0.1, 0.15) is 0 Å². The van der Waals surface area contributed by atoms with Crippen molar-refractivity contribution in [2.24, 2.45) is 5.92 Å². The molecule has 0 spiro atoms. The smallest absolute Gasteiger partial charge is 0.0876 e. The maximum Gasteiger partial charge on any atom is 0.0876 e. The second kappa shape index (κ2) is 6.48. The molecule has 2 N–H and O–H groups in total. The molecule has 0 aliphatic heterocycles. The Balaban J connectivity index is 0.000000200. The molecule has 2 rings (SSSR count). The lowest BCUT2D eigenvalue weighted by molar-refractivity contribution is 0.0711. The van der Waals surface area contributed by atoms with E-state index in [-0.39, 0.29) is 5.92 Å². The molecule has 0 aromatic heterocycles. The molecule has 2 nitrogen and oxygen atoms in total. The van der Waals surface area contributed by atoms with Gasteiger partial charge in [-0.3, -0.25) is 0 Å². The van der Waals surface area contributed by atoms with E-state index in [2.05, 4.69) is 0 Å². The van der Waals surface area contributed by atoms with Gasteiger partial charge in [0.15, 0.2) is 0 Å². The fraction of sp³-hybridized carbons (Fsp3) is 0.500. The third kappa shape index (κ3) is 4.78. The highest BCUT2D eigenvalue weighted by molar-refractivity contribution is 6.31. The van der Waals surface area contributed by atoms with E-state index in [4.69, 9.17) is 23.2 Å². The molecule has 3 atom stereocenters. The van der Waals surface area contributed by atoms with E-state index in [1.165, 1.54) is 0 Å². The second-order valence-electron chi connectivity index (χ2n) is 5.85. The summed E-state index contributed by atoms with van der Waals surface area (Å²) in [4.78, 5) is 0. The van der Waals surface area contributed by atoms with E-state index in [1.54, 1.807) is 38.2 Å². The molecule has 2 aliphatic rings. The molecule has 3 unspecified atom stereocenters. The number of aliphatic hydroxyl groups is 2. The van der Waals surface area contributed by atoms with E-state index < -0.39 is 11.2 Å². The standard InChI is InChI=1S/2C8H11ClO/c1-6-5-8(2,10)4-3-7(6)9;1-6-7(9)4-3-5-8(6,2)10/h3-4,10H,5H2,1-2H3;3-6,10H,1-2H3. The Labute approximate surface area is 131 Å². The Kier molecular flexibility index (Phi) is 5.68. The Bertz CT molecular complexity index is 483. The molecule has 4 heteroatoms. The number of hydrogen-bond acceptors (Lipinski definition) is 2. The van der Waals surface area contributed by atoms with E-state index in [9.17, 15) is 10.2 Å². The van der Waals surface area contributed by atoms with Gasteiger partial charge in [0.2, 0.25) is 0 Å². The van der Waals surface area contributed by atoms with Gasteiger partial charge in [0.25, 0.3) is 0 Å². The van der Waals surface area contributed by atoms with Gasteiger partial charge in [-0.2, -0.15) is 0 Å². The van der Waals surface area contributed by atoms with Gasteiger partial charge in [0.05, 0.1) is 11.2 Å². The minimum Gasteiger partial charge on any atom is -0.386 e. The number of halogens is 2. The largest absolute Gasteiger partial charge is 0.386 e. The van der Waals surface area contributed by atoms with Crippen molar-refractivity contribution in [3.63, 3.8) is 0 Å². The summed E-state index contributed by atoms with van der Waals surface area (Å²) in [6.07, 6.45) is 9.46. The summed E-state index contributed by atoms with van der Waals surface area (Å²) in [7, 11) is 0. The minimum atomic E-state index is -0.772. The minimum absolute atomic E-state index is 0.0131. The van der Waals surface area contributed by atoms with Crippen molar-refractivity contribution in [2.75, 3.05) is 0 Å². The molecule has 0 heterocycles. The zero-order chi connectivity index (χ0) is 15.6. The highest BCUT2D eigenvalue weighted by atomic mass is 35.5. The Morgan fingerprint density at radius 1 is 1.20 bits per heavy atom. The lowest BCUT2D eigenvalue weighted by Gasteiger charge is -2.28. The van der Waals surface area contributed by atoms with E-state index in [1.807, 2.05) is 19.9 Å². The van der Waals surface area contributed by atoms with Crippen LogP contribution in [-0.4, -0.2) is 21.4 Å². The predicted molar refractivity (Wildman–Crippen MR) is 85.8 cm³/mol. The first-order valence-electron chi connectivity index (χ1n) is 6.59. The van der Waals surface area contributed by atoms with Crippen molar-refractivity contribution in [1.82, 2.24) is 0 Å². The zero-order valence-corrected chi connectivity index (χ0v) is 13.8. The number of allylic oxidation sites excluding steroid dienone is 4. The second-order valence-corrected chi connectivity index (χ2v) is 6.70. The molecule has 0 saturated carbocycles.